The Labute approximate surface area is 121 Å². The zero-order valence-corrected chi connectivity index (χ0v) is 13.0. The van der Waals surface area contributed by atoms with Gasteiger partial charge in [-0.05, 0) is 42.3 Å². The monoisotopic (exact) mass is 332 g/mol. The lowest BCUT2D eigenvalue weighted by molar-refractivity contribution is 0.284. The van der Waals surface area contributed by atoms with E-state index in [1.54, 1.807) is 0 Å². The number of nitrogens with zero attached hydrogens (tertiary/aromatic N) is 1. The summed E-state index contributed by atoms with van der Waals surface area (Å²) in [5.74, 6) is -0.819. The lowest BCUT2D eigenvalue weighted by Crippen LogP contribution is -2.62. The number of hydrogen-bond donors (Lipinski definition) is 1. The molecule has 1 aliphatic rings. The van der Waals surface area contributed by atoms with Gasteiger partial charge in [0.15, 0.2) is 0 Å². The lowest BCUT2D eigenvalue weighted by Gasteiger charge is -2.46. The lowest BCUT2D eigenvalue weighted by atomic mass is 9.93. The van der Waals surface area contributed by atoms with Crippen LogP contribution in [0.1, 0.15) is 27.2 Å². The molecule has 0 radical (unpaired) electrons. The van der Waals surface area contributed by atoms with Gasteiger partial charge in [0.05, 0.1) is 10.2 Å². The molecule has 2 rings (SSSR count). The van der Waals surface area contributed by atoms with Crippen molar-refractivity contribution in [2.24, 2.45) is 0 Å². The molecule has 0 amide bonds. The molecule has 0 saturated carbocycles. The summed E-state index contributed by atoms with van der Waals surface area (Å²) in [5, 5.41) is 3.47. The van der Waals surface area contributed by atoms with E-state index < -0.39 is 5.82 Å². The molecule has 1 heterocycles. The quantitative estimate of drug-likeness (QED) is 0.831. The number of anilines is 1. The van der Waals surface area contributed by atoms with E-state index in [1.165, 1.54) is 12.1 Å². The molecule has 5 heteroatoms. The molecule has 2 unspecified atom stereocenters. The van der Waals surface area contributed by atoms with Crippen LogP contribution in [0.15, 0.2) is 16.6 Å². The molecule has 1 aliphatic heterocycles. The van der Waals surface area contributed by atoms with Gasteiger partial charge >= 0.3 is 0 Å². The van der Waals surface area contributed by atoms with E-state index in [9.17, 15) is 8.78 Å². The number of hydrogen-bond acceptors (Lipinski definition) is 2. The number of rotatable bonds is 2. The molecule has 0 bridgehead atoms. The van der Waals surface area contributed by atoms with Gasteiger partial charge in [-0.25, -0.2) is 8.78 Å². The molecular weight excluding hydrogens is 314 g/mol. The van der Waals surface area contributed by atoms with E-state index >= 15 is 0 Å². The summed E-state index contributed by atoms with van der Waals surface area (Å²) in [5.41, 5.74) is 0.275. The van der Waals surface area contributed by atoms with Crippen LogP contribution in [-0.2, 0) is 0 Å². The molecule has 1 N–H and O–H groups in total. The van der Waals surface area contributed by atoms with Gasteiger partial charge in [-0.15, -0.1) is 0 Å². The van der Waals surface area contributed by atoms with Crippen LogP contribution >= 0.6 is 15.9 Å². The first kappa shape index (κ1) is 14.7. The smallest absolute Gasteiger partial charge is 0.147 e. The van der Waals surface area contributed by atoms with E-state index in [0.29, 0.717) is 12.2 Å². The second-order valence-electron chi connectivity index (χ2n) is 5.49. The number of benzene rings is 1. The van der Waals surface area contributed by atoms with E-state index in [-0.39, 0.29) is 21.9 Å². The van der Waals surface area contributed by atoms with Gasteiger partial charge in [0.25, 0.3) is 0 Å². The molecule has 2 nitrogen and oxygen atoms in total. The molecule has 0 aliphatic carbocycles. The Hall–Kier alpha value is -0.680. The van der Waals surface area contributed by atoms with Crippen molar-refractivity contribution in [3.8, 4) is 0 Å². The van der Waals surface area contributed by atoms with Crippen LogP contribution in [0.4, 0.5) is 14.5 Å². The Morgan fingerprint density at radius 1 is 1.42 bits per heavy atom. The fourth-order valence-electron chi connectivity index (χ4n) is 2.38. The first-order valence-corrected chi connectivity index (χ1v) is 7.32. The summed E-state index contributed by atoms with van der Waals surface area (Å²) in [6, 6.07) is 2.61. The van der Waals surface area contributed by atoms with Crippen molar-refractivity contribution in [3.63, 3.8) is 0 Å². The van der Waals surface area contributed by atoms with Crippen molar-refractivity contribution in [2.75, 3.05) is 18.0 Å². The van der Waals surface area contributed by atoms with Gasteiger partial charge in [-0.1, -0.05) is 6.92 Å². The topological polar surface area (TPSA) is 15.3 Å². The normalized spacial score (nSPS) is 27.7. The van der Waals surface area contributed by atoms with Crippen molar-refractivity contribution in [3.05, 3.63) is 28.2 Å². The van der Waals surface area contributed by atoms with Crippen LogP contribution in [-0.4, -0.2) is 24.7 Å². The fraction of sp³-hybridized carbons (Fsp3) is 0.571. The van der Waals surface area contributed by atoms with Gasteiger partial charge in [0, 0.05) is 30.7 Å². The minimum absolute atomic E-state index is 0.0670. The minimum Gasteiger partial charge on any atom is -0.363 e. The highest BCUT2D eigenvalue weighted by molar-refractivity contribution is 9.10. The van der Waals surface area contributed by atoms with E-state index in [4.69, 9.17) is 0 Å². The summed E-state index contributed by atoms with van der Waals surface area (Å²) < 4.78 is 27.9. The first-order chi connectivity index (χ1) is 8.86. The largest absolute Gasteiger partial charge is 0.363 e. The Kier molecular flexibility index (Phi) is 4.16. The predicted octanol–water partition coefficient (Wildman–Crippen LogP) is 3.69. The zero-order chi connectivity index (χ0) is 14.2. The van der Waals surface area contributed by atoms with E-state index in [1.807, 2.05) is 11.8 Å². The van der Waals surface area contributed by atoms with E-state index in [0.717, 1.165) is 13.0 Å². The van der Waals surface area contributed by atoms with Crippen molar-refractivity contribution >= 4 is 21.6 Å². The molecule has 0 spiro atoms. The van der Waals surface area contributed by atoms with Gasteiger partial charge in [-0.3, -0.25) is 0 Å². The van der Waals surface area contributed by atoms with Gasteiger partial charge < -0.3 is 10.2 Å². The SMILES string of the molecule is CCC1(C)CN(c2cc(F)c(Br)cc2F)C(C)CN1. The van der Waals surface area contributed by atoms with Gasteiger partial charge in [0.1, 0.15) is 11.6 Å². The Morgan fingerprint density at radius 2 is 2.11 bits per heavy atom. The molecule has 106 valence electrons. The van der Waals surface area contributed by atoms with Crippen molar-refractivity contribution in [1.29, 1.82) is 0 Å². The third-order valence-electron chi connectivity index (χ3n) is 3.96. The Bertz CT molecular complexity index is 481. The highest BCUT2D eigenvalue weighted by Crippen LogP contribution is 2.30. The van der Waals surface area contributed by atoms with Gasteiger partial charge in [-0.2, -0.15) is 0 Å². The maximum atomic E-state index is 14.1. The second-order valence-corrected chi connectivity index (χ2v) is 6.34. The average molecular weight is 333 g/mol. The molecule has 1 aromatic rings. The van der Waals surface area contributed by atoms with Crippen LogP contribution < -0.4 is 10.2 Å². The summed E-state index contributed by atoms with van der Waals surface area (Å²) >= 11 is 3.01. The summed E-state index contributed by atoms with van der Waals surface area (Å²) in [6.07, 6.45) is 0.941. The summed E-state index contributed by atoms with van der Waals surface area (Å²) in [4.78, 5) is 1.95. The van der Waals surface area contributed by atoms with Crippen LogP contribution in [0.5, 0.6) is 0 Å². The molecule has 2 atom stereocenters. The molecular formula is C14H19BrF2N2. The average Bonchev–Trinajstić information content (AvgIpc) is 2.37. The number of nitrogens with one attached hydrogen (secondary N) is 1. The molecule has 1 saturated heterocycles. The Balaban J connectivity index is 2.36. The van der Waals surface area contributed by atoms with Crippen molar-refractivity contribution in [2.45, 2.75) is 38.8 Å². The summed E-state index contributed by atoms with van der Waals surface area (Å²) in [7, 11) is 0. The van der Waals surface area contributed by atoms with Crippen LogP contribution in [0.25, 0.3) is 0 Å². The highest BCUT2D eigenvalue weighted by Gasteiger charge is 2.34. The van der Waals surface area contributed by atoms with Crippen LogP contribution in [0.2, 0.25) is 0 Å². The van der Waals surface area contributed by atoms with Gasteiger partial charge in [0.2, 0.25) is 0 Å². The third kappa shape index (κ3) is 2.92. The second kappa shape index (κ2) is 5.37. The number of piperazine rings is 1. The Morgan fingerprint density at radius 3 is 2.74 bits per heavy atom. The zero-order valence-electron chi connectivity index (χ0n) is 11.4. The predicted molar refractivity (Wildman–Crippen MR) is 77.6 cm³/mol. The number of halogens is 3. The van der Waals surface area contributed by atoms with Crippen LogP contribution in [0.3, 0.4) is 0 Å². The standard InChI is InChI=1S/C14H19BrF2N2/c1-4-14(3)8-19(9(2)7-18-14)13-6-11(16)10(15)5-12(13)17/h5-6,9,18H,4,7-8H2,1-3H3. The molecule has 19 heavy (non-hydrogen) atoms. The third-order valence-corrected chi connectivity index (χ3v) is 4.56. The van der Waals surface area contributed by atoms with Crippen molar-refractivity contribution in [1.82, 2.24) is 5.32 Å². The highest BCUT2D eigenvalue weighted by atomic mass is 79.9. The van der Waals surface area contributed by atoms with Crippen LogP contribution in [0, 0.1) is 11.6 Å². The minimum atomic E-state index is -0.430. The maximum absolute atomic E-state index is 14.1. The van der Waals surface area contributed by atoms with Crippen molar-refractivity contribution < 1.29 is 8.78 Å². The molecule has 1 aromatic carbocycles. The first-order valence-electron chi connectivity index (χ1n) is 6.52. The molecule has 0 aromatic heterocycles. The van der Waals surface area contributed by atoms with E-state index in [2.05, 4.69) is 35.1 Å². The maximum Gasteiger partial charge on any atom is 0.147 e. The molecule has 1 fully saturated rings. The fourth-order valence-corrected chi connectivity index (χ4v) is 2.70. The summed E-state index contributed by atoms with van der Waals surface area (Å²) in [6.45, 7) is 7.66.